The Morgan fingerprint density at radius 2 is 2.32 bits per heavy atom. The summed E-state index contributed by atoms with van der Waals surface area (Å²) in [5.74, 6) is -0.390. The minimum absolute atomic E-state index is 0.0441. The van der Waals surface area contributed by atoms with Gasteiger partial charge in [0.15, 0.2) is 0 Å². The maximum absolute atomic E-state index is 12.1. The van der Waals surface area contributed by atoms with E-state index in [1.165, 1.54) is 4.88 Å². The van der Waals surface area contributed by atoms with Crippen molar-refractivity contribution in [1.82, 2.24) is 0 Å². The molecule has 1 amide bonds. The van der Waals surface area contributed by atoms with Gasteiger partial charge in [0.05, 0.1) is 18.8 Å². The van der Waals surface area contributed by atoms with E-state index < -0.39 is 5.97 Å². The molecule has 102 valence electrons. The SMILES string of the molecule is C=C(CN1C(=O)CCCc2sccc21)C(=O)OCC. The Morgan fingerprint density at radius 3 is 3.05 bits per heavy atom. The fourth-order valence-electron chi connectivity index (χ4n) is 2.09. The van der Waals surface area contributed by atoms with Crippen LogP contribution in [0, 0.1) is 0 Å². The van der Waals surface area contributed by atoms with Crippen LogP contribution in [0.5, 0.6) is 0 Å². The molecular weight excluding hydrogens is 262 g/mol. The van der Waals surface area contributed by atoms with Crippen molar-refractivity contribution in [2.45, 2.75) is 26.2 Å². The molecule has 0 fully saturated rings. The number of aryl methyl sites for hydroxylation is 1. The van der Waals surface area contributed by atoms with Crippen LogP contribution in [0.4, 0.5) is 5.69 Å². The Balaban J connectivity index is 2.16. The second-order valence-corrected chi connectivity index (χ2v) is 5.39. The largest absolute Gasteiger partial charge is 0.463 e. The number of nitrogens with zero attached hydrogens (tertiary/aromatic N) is 1. The molecule has 4 nitrogen and oxygen atoms in total. The summed E-state index contributed by atoms with van der Waals surface area (Å²) in [6, 6.07) is 1.93. The molecule has 1 aliphatic heterocycles. The van der Waals surface area contributed by atoms with E-state index in [9.17, 15) is 9.59 Å². The minimum Gasteiger partial charge on any atom is -0.463 e. The van der Waals surface area contributed by atoms with Gasteiger partial charge in [0.1, 0.15) is 0 Å². The first kappa shape index (κ1) is 13.8. The second kappa shape index (κ2) is 6.02. The summed E-state index contributed by atoms with van der Waals surface area (Å²) in [6.45, 7) is 6.00. The summed E-state index contributed by atoms with van der Waals surface area (Å²) >= 11 is 1.65. The van der Waals surface area contributed by atoms with Crippen LogP contribution < -0.4 is 4.90 Å². The van der Waals surface area contributed by atoms with Gasteiger partial charge < -0.3 is 9.64 Å². The topological polar surface area (TPSA) is 46.6 Å². The number of carbonyl (C=O) groups excluding carboxylic acids is 2. The zero-order valence-electron chi connectivity index (χ0n) is 11.0. The molecule has 0 atom stereocenters. The van der Waals surface area contributed by atoms with E-state index in [2.05, 4.69) is 6.58 Å². The minimum atomic E-state index is -0.434. The monoisotopic (exact) mass is 279 g/mol. The lowest BCUT2D eigenvalue weighted by Crippen LogP contribution is -2.33. The number of esters is 1. The third kappa shape index (κ3) is 3.04. The molecule has 0 unspecified atom stereocenters. The van der Waals surface area contributed by atoms with Crippen molar-refractivity contribution in [3.8, 4) is 0 Å². The van der Waals surface area contributed by atoms with E-state index >= 15 is 0 Å². The third-order valence-electron chi connectivity index (χ3n) is 3.02. The van der Waals surface area contributed by atoms with Crippen molar-refractivity contribution in [3.05, 3.63) is 28.5 Å². The highest BCUT2D eigenvalue weighted by Crippen LogP contribution is 2.31. The summed E-state index contributed by atoms with van der Waals surface area (Å²) in [6.07, 6.45) is 2.29. The van der Waals surface area contributed by atoms with Gasteiger partial charge in [-0.15, -0.1) is 11.3 Å². The van der Waals surface area contributed by atoms with Crippen molar-refractivity contribution >= 4 is 28.9 Å². The van der Waals surface area contributed by atoms with E-state index in [-0.39, 0.29) is 12.5 Å². The van der Waals surface area contributed by atoms with Gasteiger partial charge in [0.25, 0.3) is 0 Å². The Morgan fingerprint density at radius 1 is 1.53 bits per heavy atom. The predicted octanol–water partition coefficient (Wildman–Crippen LogP) is 2.54. The number of hydrogen-bond acceptors (Lipinski definition) is 4. The molecule has 0 aliphatic carbocycles. The van der Waals surface area contributed by atoms with Crippen molar-refractivity contribution < 1.29 is 14.3 Å². The molecule has 2 rings (SSSR count). The van der Waals surface area contributed by atoms with Crippen LogP contribution in [0.25, 0.3) is 0 Å². The molecule has 19 heavy (non-hydrogen) atoms. The molecule has 2 heterocycles. The highest BCUT2D eigenvalue weighted by Gasteiger charge is 2.25. The Bertz CT molecular complexity index is 507. The smallest absolute Gasteiger partial charge is 0.335 e. The van der Waals surface area contributed by atoms with Crippen LogP contribution in [-0.4, -0.2) is 25.0 Å². The molecular formula is C14H17NO3S. The number of anilines is 1. The molecule has 1 aliphatic rings. The lowest BCUT2D eigenvalue weighted by Gasteiger charge is -2.21. The molecule has 0 saturated carbocycles. The van der Waals surface area contributed by atoms with Crippen LogP contribution in [0.15, 0.2) is 23.6 Å². The van der Waals surface area contributed by atoms with E-state index in [4.69, 9.17) is 4.74 Å². The Labute approximate surface area is 116 Å². The zero-order valence-corrected chi connectivity index (χ0v) is 11.8. The van der Waals surface area contributed by atoms with Gasteiger partial charge in [-0.1, -0.05) is 6.58 Å². The number of hydrogen-bond donors (Lipinski definition) is 0. The van der Waals surface area contributed by atoms with Crippen LogP contribution in [0.3, 0.4) is 0 Å². The van der Waals surface area contributed by atoms with E-state index in [0.717, 1.165) is 18.5 Å². The zero-order chi connectivity index (χ0) is 13.8. The Hall–Kier alpha value is -1.62. The number of thiophene rings is 1. The van der Waals surface area contributed by atoms with Crippen molar-refractivity contribution in [3.63, 3.8) is 0 Å². The number of ether oxygens (including phenoxy) is 1. The highest BCUT2D eigenvalue weighted by molar-refractivity contribution is 7.10. The van der Waals surface area contributed by atoms with Crippen LogP contribution in [0.2, 0.25) is 0 Å². The third-order valence-corrected chi connectivity index (χ3v) is 3.99. The molecule has 5 heteroatoms. The standard InChI is InChI=1S/C14H17NO3S/c1-3-18-14(17)10(2)9-15-11-7-8-19-12(11)5-4-6-13(15)16/h7-8H,2-6,9H2,1H3. The van der Waals surface area contributed by atoms with Crippen LogP contribution in [-0.2, 0) is 20.7 Å². The molecule has 0 spiro atoms. The first-order valence-electron chi connectivity index (χ1n) is 6.35. The number of fused-ring (bicyclic) bond motifs is 1. The van der Waals surface area contributed by atoms with Gasteiger partial charge >= 0.3 is 5.97 Å². The summed E-state index contributed by atoms with van der Waals surface area (Å²) < 4.78 is 4.91. The average molecular weight is 279 g/mol. The normalized spacial score (nSPS) is 14.8. The van der Waals surface area contributed by atoms with Crippen molar-refractivity contribution in [1.29, 1.82) is 0 Å². The van der Waals surface area contributed by atoms with E-state index in [1.807, 2.05) is 11.4 Å². The molecule has 0 saturated heterocycles. The van der Waals surface area contributed by atoms with Gasteiger partial charge in [-0.3, -0.25) is 4.79 Å². The first-order valence-corrected chi connectivity index (χ1v) is 7.23. The summed E-state index contributed by atoms with van der Waals surface area (Å²) in [7, 11) is 0. The first-order chi connectivity index (χ1) is 9.13. The molecule has 1 aromatic heterocycles. The molecule has 0 N–H and O–H groups in total. The van der Waals surface area contributed by atoms with Crippen LogP contribution >= 0.6 is 11.3 Å². The maximum atomic E-state index is 12.1. The fourth-order valence-corrected chi connectivity index (χ4v) is 3.02. The molecule has 0 aromatic carbocycles. The van der Waals surface area contributed by atoms with Gasteiger partial charge in [-0.2, -0.15) is 0 Å². The van der Waals surface area contributed by atoms with Crippen molar-refractivity contribution in [2.24, 2.45) is 0 Å². The molecule has 1 aromatic rings. The van der Waals surface area contributed by atoms with Gasteiger partial charge in [0, 0.05) is 16.9 Å². The van der Waals surface area contributed by atoms with E-state index in [0.29, 0.717) is 18.6 Å². The predicted molar refractivity (Wildman–Crippen MR) is 75.4 cm³/mol. The quantitative estimate of drug-likeness (QED) is 0.628. The van der Waals surface area contributed by atoms with Gasteiger partial charge in [0.2, 0.25) is 5.91 Å². The molecule has 0 radical (unpaired) electrons. The van der Waals surface area contributed by atoms with Gasteiger partial charge in [-0.05, 0) is 31.2 Å². The number of amides is 1. The van der Waals surface area contributed by atoms with Gasteiger partial charge in [-0.25, -0.2) is 4.79 Å². The molecule has 0 bridgehead atoms. The Kier molecular flexibility index (Phi) is 4.37. The van der Waals surface area contributed by atoms with Crippen LogP contribution in [0.1, 0.15) is 24.6 Å². The van der Waals surface area contributed by atoms with Crippen molar-refractivity contribution in [2.75, 3.05) is 18.1 Å². The lowest BCUT2D eigenvalue weighted by molar-refractivity contribution is -0.138. The summed E-state index contributed by atoms with van der Waals surface area (Å²) in [4.78, 5) is 26.6. The number of rotatable bonds is 4. The number of carbonyl (C=O) groups is 2. The summed E-state index contributed by atoms with van der Waals surface area (Å²) in [5.41, 5.74) is 1.23. The highest BCUT2D eigenvalue weighted by atomic mass is 32.1. The average Bonchev–Trinajstić information content (AvgIpc) is 2.78. The summed E-state index contributed by atoms with van der Waals surface area (Å²) in [5, 5.41) is 1.98. The fraction of sp³-hybridized carbons (Fsp3) is 0.429. The maximum Gasteiger partial charge on any atom is 0.335 e. The lowest BCUT2D eigenvalue weighted by atomic mass is 10.2. The second-order valence-electron chi connectivity index (χ2n) is 4.39. The van der Waals surface area contributed by atoms with E-state index in [1.54, 1.807) is 23.2 Å².